The van der Waals surface area contributed by atoms with Crippen molar-refractivity contribution in [2.24, 2.45) is 0 Å². The minimum absolute atomic E-state index is 0.0410. The van der Waals surface area contributed by atoms with E-state index in [1.807, 2.05) is 24.1 Å². The highest BCUT2D eigenvalue weighted by atomic mass is 16.5. The second-order valence-corrected chi connectivity index (χ2v) is 4.70. The van der Waals surface area contributed by atoms with Crippen LogP contribution in [0.5, 0.6) is 0 Å². The van der Waals surface area contributed by atoms with E-state index < -0.39 is 0 Å². The van der Waals surface area contributed by atoms with Crippen molar-refractivity contribution in [3.8, 4) is 0 Å². The van der Waals surface area contributed by atoms with Crippen LogP contribution in [0.2, 0.25) is 0 Å². The lowest BCUT2D eigenvalue weighted by atomic mass is 10.1. The number of amides is 1. The van der Waals surface area contributed by atoms with Gasteiger partial charge in [-0.25, -0.2) is 4.79 Å². The van der Waals surface area contributed by atoms with E-state index in [0.717, 1.165) is 5.56 Å². The van der Waals surface area contributed by atoms with Gasteiger partial charge in [-0.1, -0.05) is 12.1 Å². The molecule has 0 saturated carbocycles. The van der Waals surface area contributed by atoms with Crippen LogP contribution in [0.3, 0.4) is 0 Å². The van der Waals surface area contributed by atoms with Crippen LogP contribution in [0, 0.1) is 0 Å². The lowest BCUT2D eigenvalue weighted by Gasteiger charge is -2.16. The largest absolute Gasteiger partial charge is 0.465 e. The number of methoxy groups -OCH3 is 2. The zero-order valence-corrected chi connectivity index (χ0v) is 12.7. The highest BCUT2D eigenvalue weighted by Crippen LogP contribution is 2.07. The maximum atomic E-state index is 11.6. The summed E-state index contributed by atoms with van der Waals surface area (Å²) in [5, 5.41) is 2.77. The van der Waals surface area contributed by atoms with Gasteiger partial charge in [0.15, 0.2) is 0 Å². The first-order valence-corrected chi connectivity index (χ1v) is 6.68. The van der Waals surface area contributed by atoms with E-state index in [4.69, 9.17) is 4.74 Å². The molecule has 0 aliphatic rings. The van der Waals surface area contributed by atoms with E-state index >= 15 is 0 Å². The maximum absolute atomic E-state index is 11.6. The van der Waals surface area contributed by atoms with Gasteiger partial charge in [0.2, 0.25) is 5.91 Å². The molecule has 1 aromatic rings. The Labute approximate surface area is 125 Å². The summed E-state index contributed by atoms with van der Waals surface area (Å²) in [6.45, 7) is 1.95. The molecule has 0 atom stereocenters. The molecule has 0 bridgehead atoms. The Balaban J connectivity index is 2.42. The second kappa shape index (κ2) is 9.10. The first-order chi connectivity index (χ1) is 10.1. The van der Waals surface area contributed by atoms with Gasteiger partial charge in [0.1, 0.15) is 0 Å². The molecule has 1 aromatic carbocycles. The SMILES string of the molecule is COCCNC(=O)CN(C)Cc1ccc(C(=O)OC)cc1. The topological polar surface area (TPSA) is 67.9 Å². The van der Waals surface area contributed by atoms with Gasteiger partial charge in [0.05, 0.1) is 25.8 Å². The number of hydrogen-bond donors (Lipinski definition) is 1. The van der Waals surface area contributed by atoms with Crippen molar-refractivity contribution in [1.82, 2.24) is 10.2 Å². The number of nitrogens with one attached hydrogen (secondary N) is 1. The molecule has 1 rings (SSSR count). The highest BCUT2D eigenvalue weighted by Gasteiger charge is 2.08. The van der Waals surface area contributed by atoms with E-state index in [9.17, 15) is 9.59 Å². The van der Waals surface area contributed by atoms with Crippen LogP contribution < -0.4 is 5.32 Å². The summed E-state index contributed by atoms with van der Waals surface area (Å²) in [5.41, 5.74) is 1.54. The number of likely N-dealkylation sites (N-methyl/N-ethyl adjacent to an activating group) is 1. The van der Waals surface area contributed by atoms with Crippen LogP contribution in [-0.4, -0.2) is 57.7 Å². The molecular formula is C15H22N2O4. The molecule has 6 heteroatoms. The smallest absolute Gasteiger partial charge is 0.337 e. The van der Waals surface area contributed by atoms with Crippen LogP contribution in [0.1, 0.15) is 15.9 Å². The van der Waals surface area contributed by atoms with Crippen molar-refractivity contribution in [3.63, 3.8) is 0 Å². The van der Waals surface area contributed by atoms with Crippen LogP contribution >= 0.6 is 0 Å². The summed E-state index contributed by atoms with van der Waals surface area (Å²) in [7, 11) is 4.81. The molecule has 0 aromatic heterocycles. The zero-order valence-electron chi connectivity index (χ0n) is 12.7. The molecule has 0 heterocycles. The minimum atomic E-state index is -0.354. The molecule has 0 radical (unpaired) electrons. The van der Waals surface area contributed by atoms with E-state index in [2.05, 4.69) is 10.1 Å². The average molecular weight is 294 g/mol. The summed E-state index contributed by atoms with van der Waals surface area (Å²) in [4.78, 5) is 24.9. The standard InChI is InChI=1S/C15H22N2O4/c1-17(11-14(18)16-8-9-20-2)10-12-4-6-13(7-5-12)15(19)21-3/h4-7H,8-11H2,1-3H3,(H,16,18). The summed E-state index contributed by atoms with van der Waals surface area (Å²) < 4.78 is 9.51. The molecule has 1 N–H and O–H groups in total. The number of carbonyl (C=O) groups excluding carboxylic acids is 2. The normalized spacial score (nSPS) is 10.5. The number of hydrogen-bond acceptors (Lipinski definition) is 5. The van der Waals surface area contributed by atoms with Gasteiger partial charge in [-0.2, -0.15) is 0 Å². The lowest BCUT2D eigenvalue weighted by molar-refractivity contribution is -0.122. The number of esters is 1. The van der Waals surface area contributed by atoms with Gasteiger partial charge in [0.25, 0.3) is 0 Å². The summed E-state index contributed by atoms with van der Waals surface area (Å²) in [6, 6.07) is 7.14. The first-order valence-electron chi connectivity index (χ1n) is 6.68. The van der Waals surface area contributed by atoms with E-state index in [1.165, 1.54) is 7.11 Å². The van der Waals surface area contributed by atoms with Crippen LogP contribution in [-0.2, 0) is 20.8 Å². The third kappa shape index (κ3) is 6.37. The third-order valence-corrected chi connectivity index (χ3v) is 2.87. The van der Waals surface area contributed by atoms with Gasteiger partial charge in [0, 0.05) is 20.2 Å². The van der Waals surface area contributed by atoms with Crippen molar-refractivity contribution in [2.75, 3.05) is 41.0 Å². The number of rotatable bonds is 8. The van der Waals surface area contributed by atoms with Crippen molar-refractivity contribution < 1.29 is 19.1 Å². The highest BCUT2D eigenvalue weighted by molar-refractivity contribution is 5.89. The van der Waals surface area contributed by atoms with Gasteiger partial charge in [-0.15, -0.1) is 0 Å². The van der Waals surface area contributed by atoms with Crippen LogP contribution in [0.25, 0.3) is 0 Å². The second-order valence-electron chi connectivity index (χ2n) is 4.70. The summed E-state index contributed by atoms with van der Waals surface area (Å²) in [6.07, 6.45) is 0. The summed E-state index contributed by atoms with van der Waals surface area (Å²) >= 11 is 0. The summed E-state index contributed by atoms with van der Waals surface area (Å²) in [5.74, 6) is -0.395. The first kappa shape index (κ1) is 17.1. The monoisotopic (exact) mass is 294 g/mol. The molecule has 0 fully saturated rings. The fourth-order valence-electron chi connectivity index (χ4n) is 1.83. The zero-order chi connectivity index (χ0) is 15.7. The molecule has 0 aliphatic carbocycles. The Hall–Kier alpha value is -1.92. The lowest BCUT2D eigenvalue weighted by Crippen LogP contribution is -2.36. The molecule has 0 spiro atoms. The Morgan fingerprint density at radius 3 is 2.43 bits per heavy atom. The average Bonchev–Trinajstić information content (AvgIpc) is 2.47. The molecule has 116 valence electrons. The van der Waals surface area contributed by atoms with E-state index in [0.29, 0.717) is 31.8 Å². The number of benzene rings is 1. The minimum Gasteiger partial charge on any atom is -0.465 e. The molecule has 1 amide bonds. The van der Waals surface area contributed by atoms with Crippen molar-refractivity contribution in [1.29, 1.82) is 0 Å². The van der Waals surface area contributed by atoms with Crippen molar-refractivity contribution >= 4 is 11.9 Å². The fourth-order valence-corrected chi connectivity index (χ4v) is 1.83. The molecule has 0 aliphatic heterocycles. The Morgan fingerprint density at radius 1 is 1.19 bits per heavy atom. The van der Waals surface area contributed by atoms with Crippen LogP contribution in [0.15, 0.2) is 24.3 Å². The Bertz CT molecular complexity index is 459. The van der Waals surface area contributed by atoms with Gasteiger partial charge >= 0.3 is 5.97 Å². The predicted molar refractivity (Wildman–Crippen MR) is 79.0 cm³/mol. The number of nitrogens with zero attached hydrogens (tertiary/aromatic N) is 1. The third-order valence-electron chi connectivity index (χ3n) is 2.87. The van der Waals surface area contributed by atoms with E-state index in [-0.39, 0.29) is 11.9 Å². The molecule has 0 saturated heterocycles. The molecule has 6 nitrogen and oxygen atoms in total. The number of ether oxygens (including phenoxy) is 2. The molecular weight excluding hydrogens is 272 g/mol. The van der Waals surface area contributed by atoms with E-state index in [1.54, 1.807) is 19.2 Å². The van der Waals surface area contributed by atoms with Gasteiger partial charge < -0.3 is 14.8 Å². The predicted octanol–water partition coefficient (Wildman–Crippen LogP) is 0.668. The van der Waals surface area contributed by atoms with Crippen molar-refractivity contribution in [2.45, 2.75) is 6.54 Å². The number of carbonyl (C=O) groups is 2. The van der Waals surface area contributed by atoms with Crippen molar-refractivity contribution in [3.05, 3.63) is 35.4 Å². The van der Waals surface area contributed by atoms with Gasteiger partial charge in [-0.05, 0) is 24.7 Å². The molecule has 0 unspecified atom stereocenters. The van der Waals surface area contributed by atoms with Crippen LogP contribution in [0.4, 0.5) is 0 Å². The Morgan fingerprint density at radius 2 is 1.86 bits per heavy atom. The molecule has 21 heavy (non-hydrogen) atoms. The fraction of sp³-hybridized carbons (Fsp3) is 0.467. The van der Waals surface area contributed by atoms with Gasteiger partial charge in [-0.3, -0.25) is 9.69 Å². The Kier molecular flexibility index (Phi) is 7.42. The quantitative estimate of drug-likeness (QED) is 0.564. The maximum Gasteiger partial charge on any atom is 0.337 e.